The number of carbonyl (C=O) groups excluding carboxylic acids is 1. The van der Waals surface area contributed by atoms with Crippen molar-refractivity contribution in [3.05, 3.63) is 57.6 Å². The van der Waals surface area contributed by atoms with Gasteiger partial charge in [0.05, 0.1) is 17.7 Å². The minimum Gasteiger partial charge on any atom is -0.478 e. The van der Waals surface area contributed by atoms with Gasteiger partial charge in [-0.25, -0.2) is 9.78 Å². The number of nitrogens with zero attached hydrogens (tertiary/aromatic N) is 1. The van der Waals surface area contributed by atoms with Crippen LogP contribution in [0.25, 0.3) is 6.08 Å². The van der Waals surface area contributed by atoms with Gasteiger partial charge in [0.1, 0.15) is 0 Å². The molecular formula is C15H14N2O3S. The highest BCUT2D eigenvalue weighted by Gasteiger charge is 2.07. The van der Waals surface area contributed by atoms with Crippen molar-refractivity contribution in [1.82, 2.24) is 10.3 Å². The molecule has 1 aromatic carbocycles. The number of thiazole rings is 1. The third-order valence-electron chi connectivity index (χ3n) is 2.69. The van der Waals surface area contributed by atoms with E-state index in [2.05, 4.69) is 10.3 Å². The molecule has 1 amide bonds. The van der Waals surface area contributed by atoms with E-state index >= 15 is 0 Å². The molecule has 21 heavy (non-hydrogen) atoms. The zero-order chi connectivity index (χ0) is 15.2. The van der Waals surface area contributed by atoms with Crippen molar-refractivity contribution < 1.29 is 14.7 Å². The summed E-state index contributed by atoms with van der Waals surface area (Å²) in [6, 6.07) is 5.23. The number of hydrogen-bond acceptors (Lipinski definition) is 4. The summed E-state index contributed by atoms with van der Waals surface area (Å²) in [5.74, 6) is -1.23. The molecule has 0 aliphatic rings. The summed E-state index contributed by atoms with van der Waals surface area (Å²) in [4.78, 5) is 26.7. The molecule has 2 rings (SSSR count). The fraction of sp³-hybridized carbons (Fsp3) is 0.133. The number of aryl methyl sites for hydroxylation is 1. The largest absolute Gasteiger partial charge is 0.478 e. The fourth-order valence-corrected chi connectivity index (χ4v) is 2.36. The highest BCUT2D eigenvalue weighted by molar-refractivity contribution is 7.07. The number of carboxylic acids is 1. The lowest BCUT2D eigenvalue weighted by atomic mass is 10.1. The second kappa shape index (κ2) is 6.81. The van der Waals surface area contributed by atoms with E-state index < -0.39 is 5.97 Å². The summed E-state index contributed by atoms with van der Waals surface area (Å²) in [6.07, 6.45) is 2.51. The second-order valence-corrected chi connectivity index (χ2v) is 5.19. The van der Waals surface area contributed by atoms with Gasteiger partial charge in [-0.15, -0.1) is 11.3 Å². The lowest BCUT2D eigenvalue weighted by molar-refractivity contribution is -0.131. The first-order chi connectivity index (χ1) is 10.0. The molecule has 2 N–H and O–H groups in total. The minimum absolute atomic E-state index is 0.211. The Morgan fingerprint density at radius 1 is 1.38 bits per heavy atom. The van der Waals surface area contributed by atoms with E-state index in [-0.39, 0.29) is 5.91 Å². The predicted octanol–water partition coefficient (Wildman–Crippen LogP) is 2.48. The third-order valence-corrected chi connectivity index (χ3v) is 3.33. The van der Waals surface area contributed by atoms with E-state index in [0.29, 0.717) is 17.7 Å². The number of hydrogen-bond donors (Lipinski definition) is 2. The van der Waals surface area contributed by atoms with Crippen LogP contribution in [0.2, 0.25) is 0 Å². The van der Waals surface area contributed by atoms with Gasteiger partial charge in [0, 0.05) is 17.0 Å². The topological polar surface area (TPSA) is 79.3 Å². The van der Waals surface area contributed by atoms with Crippen LogP contribution in [0.15, 0.2) is 35.2 Å². The lowest BCUT2D eigenvalue weighted by Gasteiger charge is -2.06. The molecule has 0 unspecified atom stereocenters. The number of amides is 1. The Morgan fingerprint density at radius 3 is 2.86 bits per heavy atom. The van der Waals surface area contributed by atoms with Crippen LogP contribution in [0.5, 0.6) is 0 Å². The first kappa shape index (κ1) is 14.9. The number of aliphatic carboxylic acids is 1. The van der Waals surface area contributed by atoms with Crippen molar-refractivity contribution in [2.24, 2.45) is 0 Å². The van der Waals surface area contributed by atoms with E-state index in [1.54, 1.807) is 17.6 Å². The summed E-state index contributed by atoms with van der Waals surface area (Å²) in [6.45, 7) is 2.23. The average molecular weight is 302 g/mol. The molecule has 0 saturated heterocycles. The van der Waals surface area contributed by atoms with Gasteiger partial charge in [0.15, 0.2) is 0 Å². The monoisotopic (exact) mass is 302 g/mol. The summed E-state index contributed by atoms with van der Waals surface area (Å²) in [5, 5.41) is 13.3. The van der Waals surface area contributed by atoms with Gasteiger partial charge in [0.2, 0.25) is 0 Å². The number of carboxylic acid groups (broad SMARTS) is 1. The fourth-order valence-electron chi connectivity index (χ4n) is 1.81. The van der Waals surface area contributed by atoms with Crippen LogP contribution in [0, 0.1) is 6.92 Å². The molecule has 108 valence electrons. The van der Waals surface area contributed by atoms with Crippen LogP contribution in [-0.4, -0.2) is 22.0 Å². The van der Waals surface area contributed by atoms with Gasteiger partial charge in [-0.3, -0.25) is 4.79 Å². The molecule has 0 aliphatic heterocycles. The molecule has 0 spiro atoms. The number of carbonyl (C=O) groups is 2. The molecule has 5 nitrogen and oxygen atoms in total. The Balaban J connectivity index is 2.11. The Hall–Kier alpha value is -2.47. The first-order valence-electron chi connectivity index (χ1n) is 6.22. The van der Waals surface area contributed by atoms with Crippen LogP contribution in [0.3, 0.4) is 0 Å². The summed E-state index contributed by atoms with van der Waals surface area (Å²) < 4.78 is 0. The van der Waals surface area contributed by atoms with Crippen molar-refractivity contribution in [2.75, 3.05) is 0 Å². The molecule has 0 atom stereocenters. The quantitative estimate of drug-likeness (QED) is 0.832. The molecule has 0 bridgehead atoms. The van der Waals surface area contributed by atoms with Crippen LogP contribution >= 0.6 is 11.3 Å². The van der Waals surface area contributed by atoms with Gasteiger partial charge < -0.3 is 10.4 Å². The van der Waals surface area contributed by atoms with Gasteiger partial charge in [-0.05, 0) is 36.3 Å². The Morgan fingerprint density at radius 2 is 2.19 bits per heavy atom. The number of aromatic nitrogens is 1. The van der Waals surface area contributed by atoms with Crippen LogP contribution in [-0.2, 0) is 11.3 Å². The van der Waals surface area contributed by atoms with Gasteiger partial charge in [0.25, 0.3) is 5.91 Å². The van der Waals surface area contributed by atoms with Crippen LogP contribution in [0.1, 0.15) is 27.2 Å². The van der Waals surface area contributed by atoms with Gasteiger partial charge in [-0.1, -0.05) is 6.07 Å². The number of nitrogens with one attached hydrogen (secondary N) is 1. The number of rotatable bonds is 5. The Labute approximate surface area is 126 Å². The van der Waals surface area contributed by atoms with Gasteiger partial charge in [-0.2, -0.15) is 0 Å². The zero-order valence-electron chi connectivity index (χ0n) is 11.4. The van der Waals surface area contributed by atoms with Crippen molar-refractivity contribution >= 4 is 29.3 Å². The highest BCUT2D eigenvalue weighted by atomic mass is 32.1. The van der Waals surface area contributed by atoms with Crippen molar-refractivity contribution in [2.45, 2.75) is 13.5 Å². The molecule has 1 heterocycles. The molecule has 1 aromatic heterocycles. The molecule has 2 aromatic rings. The van der Waals surface area contributed by atoms with Gasteiger partial charge >= 0.3 is 5.97 Å². The molecule has 0 fully saturated rings. The molecular weight excluding hydrogens is 288 g/mol. The molecule has 0 aliphatic carbocycles. The van der Waals surface area contributed by atoms with E-state index in [1.165, 1.54) is 17.4 Å². The summed E-state index contributed by atoms with van der Waals surface area (Å²) >= 11 is 1.47. The lowest BCUT2D eigenvalue weighted by Crippen LogP contribution is -2.23. The smallest absolute Gasteiger partial charge is 0.328 e. The second-order valence-electron chi connectivity index (χ2n) is 4.47. The molecule has 0 saturated carbocycles. The zero-order valence-corrected chi connectivity index (χ0v) is 12.2. The Bertz CT molecular complexity index is 678. The van der Waals surface area contributed by atoms with Crippen molar-refractivity contribution in [3.8, 4) is 0 Å². The first-order valence-corrected chi connectivity index (χ1v) is 7.17. The summed E-state index contributed by atoms with van der Waals surface area (Å²) in [5.41, 5.74) is 4.59. The van der Waals surface area contributed by atoms with E-state index in [1.807, 2.05) is 18.4 Å². The molecule has 6 heteroatoms. The van der Waals surface area contributed by atoms with Crippen LogP contribution in [0.4, 0.5) is 0 Å². The van der Waals surface area contributed by atoms with Crippen LogP contribution < -0.4 is 5.32 Å². The third kappa shape index (κ3) is 4.54. The van der Waals surface area contributed by atoms with E-state index in [9.17, 15) is 9.59 Å². The molecule has 0 radical (unpaired) electrons. The summed E-state index contributed by atoms with van der Waals surface area (Å²) in [7, 11) is 0. The normalized spacial score (nSPS) is 10.7. The van der Waals surface area contributed by atoms with Crippen molar-refractivity contribution in [3.63, 3.8) is 0 Å². The van der Waals surface area contributed by atoms with Crippen molar-refractivity contribution in [1.29, 1.82) is 0 Å². The maximum atomic E-state index is 12.1. The maximum absolute atomic E-state index is 12.1. The SMILES string of the molecule is Cc1cc(/C=C/C(=O)O)cc(C(=O)NCc2cscn2)c1. The standard InChI is InChI=1S/C15H14N2O3S/c1-10-4-11(2-3-14(18)19)6-12(5-10)15(20)16-7-13-8-21-9-17-13/h2-6,8-9H,7H2,1H3,(H,16,20)(H,18,19)/b3-2+. The minimum atomic E-state index is -1.02. The maximum Gasteiger partial charge on any atom is 0.328 e. The van der Waals surface area contributed by atoms with E-state index in [4.69, 9.17) is 5.11 Å². The number of benzene rings is 1. The van der Waals surface area contributed by atoms with E-state index in [0.717, 1.165) is 17.3 Å². The average Bonchev–Trinajstić information content (AvgIpc) is 2.95. The highest BCUT2D eigenvalue weighted by Crippen LogP contribution is 2.12. The Kier molecular flexibility index (Phi) is 4.84. The predicted molar refractivity (Wildman–Crippen MR) is 81.1 cm³/mol.